The fourth-order valence-electron chi connectivity index (χ4n) is 3.64. The van der Waals surface area contributed by atoms with Crippen molar-refractivity contribution in [2.75, 3.05) is 5.32 Å². The Labute approximate surface area is 180 Å². The smallest absolute Gasteiger partial charge is 0.260 e. The van der Waals surface area contributed by atoms with Crippen LogP contribution in [-0.2, 0) is 5.54 Å². The van der Waals surface area contributed by atoms with Crippen molar-refractivity contribution in [2.24, 2.45) is 0 Å². The summed E-state index contributed by atoms with van der Waals surface area (Å²) in [4.78, 5) is 26.3. The van der Waals surface area contributed by atoms with Gasteiger partial charge in [-0.25, -0.2) is 4.68 Å². The van der Waals surface area contributed by atoms with E-state index in [-0.39, 0.29) is 22.5 Å². The van der Waals surface area contributed by atoms with Crippen LogP contribution in [0.15, 0.2) is 63.8 Å². The lowest BCUT2D eigenvalue weighted by Crippen LogP contribution is -2.27. The first-order valence-corrected chi connectivity index (χ1v) is 10.2. The van der Waals surface area contributed by atoms with Crippen LogP contribution in [0.3, 0.4) is 0 Å². The Morgan fingerprint density at radius 2 is 1.74 bits per heavy atom. The van der Waals surface area contributed by atoms with Gasteiger partial charge in [0.2, 0.25) is 0 Å². The lowest BCUT2D eigenvalue weighted by molar-refractivity contribution is 0.102. The Morgan fingerprint density at radius 1 is 1.03 bits per heavy atom. The van der Waals surface area contributed by atoms with Crippen LogP contribution in [0.2, 0.25) is 0 Å². The van der Waals surface area contributed by atoms with Crippen molar-refractivity contribution >= 4 is 22.7 Å². The third-order valence-electron chi connectivity index (χ3n) is 5.13. The highest BCUT2D eigenvalue weighted by Crippen LogP contribution is 2.28. The highest BCUT2D eigenvalue weighted by atomic mass is 16.3. The summed E-state index contributed by atoms with van der Waals surface area (Å²) in [5.41, 5.74) is 2.22. The molecule has 0 fully saturated rings. The zero-order valence-corrected chi connectivity index (χ0v) is 18.3. The molecule has 2 aromatic heterocycles. The van der Waals surface area contributed by atoms with Crippen LogP contribution in [0.1, 0.15) is 42.4 Å². The number of carbonyl (C=O) groups excluding carboxylic acids is 1. The second-order valence-corrected chi connectivity index (χ2v) is 8.64. The van der Waals surface area contributed by atoms with Crippen LogP contribution in [0.25, 0.3) is 22.3 Å². The lowest BCUT2D eigenvalue weighted by Gasteiger charge is -2.22. The Balaban J connectivity index is 1.85. The number of anilines is 1. The summed E-state index contributed by atoms with van der Waals surface area (Å²) in [6, 6.07) is 16.3. The molecule has 4 rings (SSSR count). The van der Waals surface area contributed by atoms with Crippen LogP contribution in [0, 0.1) is 13.8 Å². The molecule has 2 heterocycles. The van der Waals surface area contributed by atoms with E-state index in [2.05, 4.69) is 10.4 Å². The molecule has 31 heavy (non-hydrogen) atoms. The van der Waals surface area contributed by atoms with E-state index in [0.717, 1.165) is 11.3 Å². The van der Waals surface area contributed by atoms with Crippen molar-refractivity contribution in [1.29, 1.82) is 0 Å². The molecular weight excluding hydrogens is 390 g/mol. The molecule has 0 bridgehead atoms. The van der Waals surface area contributed by atoms with Gasteiger partial charge in [0.05, 0.1) is 22.2 Å². The number of rotatable bonds is 3. The van der Waals surface area contributed by atoms with Gasteiger partial charge >= 0.3 is 0 Å². The van der Waals surface area contributed by atoms with E-state index in [1.165, 1.54) is 0 Å². The Bertz CT molecular complexity index is 1340. The van der Waals surface area contributed by atoms with Crippen molar-refractivity contribution in [2.45, 2.75) is 40.2 Å². The number of carbonyl (C=O) groups is 1. The van der Waals surface area contributed by atoms with Crippen LogP contribution < -0.4 is 10.7 Å². The average molecular weight is 415 g/mol. The standard InChI is InChI=1S/C25H25N3O3/c1-15-14-20(28(27-15)25(3,4)5)26-24(30)19-13-9-12-18-21(29)16(2)22(31-23(18)19)17-10-7-6-8-11-17/h6-14H,1-5H3,(H,26,30). The third kappa shape index (κ3) is 3.77. The number of amides is 1. The summed E-state index contributed by atoms with van der Waals surface area (Å²) in [5.74, 6) is 0.695. The van der Waals surface area contributed by atoms with Crippen LogP contribution in [0.4, 0.5) is 5.82 Å². The monoisotopic (exact) mass is 415 g/mol. The maximum Gasteiger partial charge on any atom is 0.260 e. The van der Waals surface area contributed by atoms with Gasteiger partial charge in [0, 0.05) is 17.2 Å². The lowest BCUT2D eigenvalue weighted by atomic mass is 10.0. The van der Waals surface area contributed by atoms with Gasteiger partial charge in [-0.1, -0.05) is 36.4 Å². The first kappa shape index (κ1) is 20.6. The van der Waals surface area contributed by atoms with Gasteiger partial charge in [0.15, 0.2) is 11.0 Å². The zero-order valence-electron chi connectivity index (χ0n) is 18.3. The third-order valence-corrected chi connectivity index (χ3v) is 5.13. The average Bonchev–Trinajstić information content (AvgIpc) is 3.11. The molecule has 0 radical (unpaired) electrons. The quantitative estimate of drug-likeness (QED) is 0.494. The minimum Gasteiger partial charge on any atom is -0.455 e. The predicted octanol–water partition coefficient (Wildman–Crippen LogP) is 5.28. The molecule has 2 aromatic carbocycles. The molecule has 0 aliphatic carbocycles. The normalized spacial score (nSPS) is 11.6. The van der Waals surface area contributed by atoms with Crippen molar-refractivity contribution in [3.8, 4) is 11.3 Å². The van der Waals surface area contributed by atoms with Crippen molar-refractivity contribution in [3.05, 3.63) is 81.6 Å². The maximum absolute atomic E-state index is 13.2. The number of nitrogens with one attached hydrogen (secondary N) is 1. The molecule has 0 unspecified atom stereocenters. The molecule has 0 aliphatic heterocycles. The minimum atomic E-state index is -0.359. The van der Waals surface area contributed by atoms with E-state index in [1.807, 2.05) is 64.1 Å². The highest BCUT2D eigenvalue weighted by Gasteiger charge is 2.23. The van der Waals surface area contributed by atoms with Crippen LogP contribution >= 0.6 is 0 Å². The fraction of sp³-hybridized carbons (Fsp3) is 0.240. The second-order valence-electron chi connectivity index (χ2n) is 8.64. The Kier molecular flexibility index (Phi) is 5.01. The summed E-state index contributed by atoms with van der Waals surface area (Å²) in [7, 11) is 0. The second kappa shape index (κ2) is 7.54. The summed E-state index contributed by atoms with van der Waals surface area (Å²) in [6.45, 7) is 9.66. The summed E-state index contributed by atoms with van der Waals surface area (Å²) >= 11 is 0. The molecule has 0 aliphatic rings. The molecule has 1 N–H and O–H groups in total. The zero-order chi connectivity index (χ0) is 22.3. The largest absolute Gasteiger partial charge is 0.455 e. The minimum absolute atomic E-state index is 0.148. The summed E-state index contributed by atoms with van der Waals surface area (Å²) in [6.07, 6.45) is 0. The predicted molar refractivity (Wildman–Crippen MR) is 123 cm³/mol. The van der Waals surface area contributed by atoms with E-state index >= 15 is 0 Å². The molecule has 1 amide bonds. The first-order chi connectivity index (χ1) is 14.7. The molecule has 0 atom stereocenters. The van der Waals surface area contributed by atoms with Crippen LogP contribution in [-0.4, -0.2) is 15.7 Å². The molecule has 4 aromatic rings. The number of fused-ring (bicyclic) bond motifs is 1. The van der Waals surface area contributed by atoms with Gasteiger partial charge in [-0.3, -0.25) is 9.59 Å². The number of hydrogen-bond acceptors (Lipinski definition) is 4. The van der Waals surface area contributed by atoms with Gasteiger partial charge in [-0.2, -0.15) is 5.10 Å². The molecular formula is C25H25N3O3. The number of hydrogen-bond donors (Lipinski definition) is 1. The van der Waals surface area contributed by atoms with Gasteiger partial charge < -0.3 is 9.73 Å². The number of para-hydroxylation sites is 1. The van der Waals surface area contributed by atoms with Gasteiger partial charge in [-0.05, 0) is 46.8 Å². The van der Waals surface area contributed by atoms with E-state index in [4.69, 9.17) is 4.42 Å². The maximum atomic E-state index is 13.2. The molecule has 6 nitrogen and oxygen atoms in total. The van der Waals surface area contributed by atoms with E-state index < -0.39 is 0 Å². The molecule has 158 valence electrons. The van der Waals surface area contributed by atoms with Gasteiger partial charge in [-0.15, -0.1) is 0 Å². The number of benzene rings is 2. The highest BCUT2D eigenvalue weighted by molar-refractivity contribution is 6.11. The van der Waals surface area contributed by atoms with Crippen LogP contribution in [0.5, 0.6) is 0 Å². The van der Waals surface area contributed by atoms with Crippen molar-refractivity contribution < 1.29 is 9.21 Å². The van der Waals surface area contributed by atoms with Gasteiger partial charge in [0.25, 0.3) is 5.91 Å². The number of nitrogens with zero attached hydrogens (tertiary/aromatic N) is 2. The topological polar surface area (TPSA) is 77.1 Å². The summed E-state index contributed by atoms with van der Waals surface area (Å²) < 4.78 is 7.95. The van der Waals surface area contributed by atoms with Crippen molar-refractivity contribution in [1.82, 2.24) is 9.78 Å². The summed E-state index contributed by atoms with van der Waals surface area (Å²) in [5, 5.41) is 7.82. The van der Waals surface area contributed by atoms with Gasteiger partial charge in [0.1, 0.15) is 11.6 Å². The molecule has 0 spiro atoms. The molecule has 0 saturated heterocycles. The van der Waals surface area contributed by atoms with E-state index in [1.54, 1.807) is 29.8 Å². The fourth-order valence-corrected chi connectivity index (χ4v) is 3.64. The van der Waals surface area contributed by atoms with E-state index in [0.29, 0.717) is 28.1 Å². The first-order valence-electron chi connectivity index (χ1n) is 10.2. The van der Waals surface area contributed by atoms with Crippen molar-refractivity contribution in [3.63, 3.8) is 0 Å². The number of aromatic nitrogens is 2. The molecule has 0 saturated carbocycles. The molecule has 6 heteroatoms. The van der Waals surface area contributed by atoms with E-state index in [9.17, 15) is 9.59 Å². The SMILES string of the molecule is Cc1cc(NC(=O)c2cccc3c(=O)c(C)c(-c4ccccc4)oc23)n(C(C)(C)C)n1. The number of aryl methyl sites for hydroxylation is 1. The Hall–Kier alpha value is -3.67. The Morgan fingerprint density at radius 3 is 2.42 bits per heavy atom.